The van der Waals surface area contributed by atoms with Crippen molar-refractivity contribution < 1.29 is 23.2 Å². The van der Waals surface area contributed by atoms with Gasteiger partial charge in [0.2, 0.25) is 10.0 Å². The van der Waals surface area contributed by atoms with Gasteiger partial charge in [-0.2, -0.15) is 4.72 Å². The van der Waals surface area contributed by atoms with Gasteiger partial charge in [0.25, 0.3) is 5.69 Å². The molecule has 0 amide bonds. The molecular weight excluding hydrogens is 348 g/mol. The number of carbonyl (C=O) groups is 1. The molecule has 0 unspecified atom stereocenters. The fourth-order valence-corrected chi connectivity index (χ4v) is 3.88. The number of halogens is 1. The van der Waals surface area contributed by atoms with E-state index in [0.717, 1.165) is 12.1 Å². The summed E-state index contributed by atoms with van der Waals surface area (Å²) in [5, 5.41) is 19.6. The minimum absolute atomic E-state index is 0.317. The van der Waals surface area contributed by atoms with Crippen LogP contribution in [0.2, 0.25) is 5.02 Å². The number of hydrogen-bond acceptors (Lipinski definition) is 5. The summed E-state index contributed by atoms with van der Waals surface area (Å²) in [6.45, 7) is 4.78. The molecule has 0 aliphatic rings. The van der Waals surface area contributed by atoms with Crippen LogP contribution in [0.5, 0.6) is 0 Å². The molecule has 23 heavy (non-hydrogen) atoms. The molecule has 2 atom stereocenters. The molecule has 0 radical (unpaired) electrons. The van der Waals surface area contributed by atoms with E-state index in [2.05, 4.69) is 4.72 Å². The monoisotopic (exact) mass is 364 g/mol. The topological polar surface area (TPSA) is 127 Å². The molecule has 2 N–H and O–H groups in total. The molecule has 0 fully saturated rings. The standard InChI is InChI=1S/C13H17ClN2O6S/c1-4-8(3)12(13(17)18)15-23(21,22)10-6-7(2)5-9(11(10)14)16(19)20/h5-6,8,12,15H,4H2,1-3H3,(H,17,18)/t8-,12-/m0/s1. The van der Waals surface area contributed by atoms with E-state index in [0.29, 0.717) is 12.0 Å². The van der Waals surface area contributed by atoms with Crippen molar-refractivity contribution in [2.45, 2.75) is 38.1 Å². The fraction of sp³-hybridized carbons (Fsp3) is 0.462. The molecule has 0 aliphatic heterocycles. The van der Waals surface area contributed by atoms with E-state index in [4.69, 9.17) is 11.6 Å². The van der Waals surface area contributed by atoms with Gasteiger partial charge in [-0.25, -0.2) is 8.42 Å². The maximum Gasteiger partial charge on any atom is 0.322 e. The summed E-state index contributed by atoms with van der Waals surface area (Å²) in [7, 11) is -4.34. The molecule has 0 bridgehead atoms. The number of carboxylic acid groups (broad SMARTS) is 1. The van der Waals surface area contributed by atoms with Crippen LogP contribution in [0.15, 0.2) is 17.0 Å². The highest BCUT2D eigenvalue weighted by Crippen LogP contribution is 2.32. The Morgan fingerprint density at radius 2 is 2.04 bits per heavy atom. The second-order valence-electron chi connectivity index (χ2n) is 5.18. The van der Waals surface area contributed by atoms with Gasteiger partial charge in [-0.15, -0.1) is 0 Å². The van der Waals surface area contributed by atoms with Crippen LogP contribution in [0.25, 0.3) is 0 Å². The van der Waals surface area contributed by atoms with Gasteiger partial charge in [-0.05, 0) is 24.5 Å². The molecule has 0 spiro atoms. The van der Waals surface area contributed by atoms with Crippen LogP contribution in [0.4, 0.5) is 5.69 Å². The van der Waals surface area contributed by atoms with Crippen LogP contribution in [0.3, 0.4) is 0 Å². The third-order valence-corrected chi connectivity index (χ3v) is 5.39. The number of nitrogens with one attached hydrogen (secondary N) is 1. The van der Waals surface area contributed by atoms with Gasteiger partial charge in [0, 0.05) is 6.07 Å². The first-order chi connectivity index (χ1) is 10.5. The molecule has 0 saturated heterocycles. The van der Waals surface area contributed by atoms with Gasteiger partial charge >= 0.3 is 5.97 Å². The fourth-order valence-electron chi connectivity index (χ4n) is 1.92. The molecule has 0 aromatic heterocycles. The van der Waals surface area contributed by atoms with Crippen LogP contribution in [0, 0.1) is 23.0 Å². The molecule has 0 aliphatic carbocycles. The van der Waals surface area contributed by atoms with E-state index in [1.165, 1.54) is 6.92 Å². The largest absolute Gasteiger partial charge is 0.480 e. The van der Waals surface area contributed by atoms with Crippen molar-refractivity contribution in [2.24, 2.45) is 5.92 Å². The van der Waals surface area contributed by atoms with E-state index in [1.807, 2.05) is 0 Å². The maximum atomic E-state index is 12.4. The molecule has 8 nitrogen and oxygen atoms in total. The second kappa shape index (κ2) is 7.24. The number of nitrogens with zero attached hydrogens (tertiary/aromatic N) is 1. The number of carboxylic acids is 1. The van der Waals surface area contributed by atoms with Crippen LogP contribution in [-0.4, -0.2) is 30.5 Å². The third-order valence-electron chi connectivity index (χ3n) is 3.41. The summed E-state index contributed by atoms with van der Waals surface area (Å²) in [6.07, 6.45) is 0.432. The first kappa shape index (κ1) is 19.3. The quantitative estimate of drug-likeness (QED) is 0.564. The number of hydrogen-bond donors (Lipinski definition) is 2. The summed E-state index contributed by atoms with van der Waals surface area (Å²) in [6, 6.07) is 0.943. The first-order valence-corrected chi connectivity index (χ1v) is 8.57. The van der Waals surface area contributed by atoms with Crippen molar-refractivity contribution in [1.29, 1.82) is 0 Å². The van der Waals surface area contributed by atoms with Crippen LogP contribution < -0.4 is 4.72 Å². The average Bonchev–Trinajstić information content (AvgIpc) is 2.45. The van der Waals surface area contributed by atoms with E-state index in [9.17, 15) is 28.4 Å². The predicted molar refractivity (Wildman–Crippen MR) is 84.0 cm³/mol. The SMILES string of the molecule is CC[C@H](C)[C@H](NS(=O)(=O)c1cc(C)cc([N+](=O)[O-])c1Cl)C(=O)O. The van der Waals surface area contributed by atoms with Crippen molar-refractivity contribution >= 4 is 33.3 Å². The van der Waals surface area contributed by atoms with Crippen molar-refractivity contribution in [3.05, 3.63) is 32.8 Å². The normalized spacial score (nSPS) is 14.3. The highest BCUT2D eigenvalue weighted by atomic mass is 35.5. The van der Waals surface area contributed by atoms with E-state index in [-0.39, 0.29) is 0 Å². The highest BCUT2D eigenvalue weighted by Gasteiger charge is 2.32. The predicted octanol–water partition coefficient (Wildman–Crippen LogP) is 2.33. The number of nitro groups is 1. The summed E-state index contributed by atoms with van der Waals surface area (Å²) in [4.78, 5) is 20.9. The number of benzene rings is 1. The van der Waals surface area contributed by atoms with E-state index in [1.54, 1.807) is 13.8 Å². The molecule has 128 valence electrons. The van der Waals surface area contributed by atoms with Crippen LogP contribution >= 0.6 is 11.6 Å². The Bertz CT molecular complexity index is 734. The van der Waals surface area contributed by atoms with E-state index < -0.39 is 48.5 Å². The number of nitro benzene ring substituents is 1. The van der Waals surface area contributed by atoms with Gasteiger partial charge < -0.3 is 5.11 Å². The van der Waals surface area contributed by atoms with Crippen molar-refractivity contribution in [3.8, 4) is 0 Å². The van der Waals surface area contributed by atoms with Gasteiger partial charge in [-0.3, -0.25) is 14.9 Å². The van der Waals surface area contributed by atoms with Gasteiger partial charge in [-0.1, -0.05) is 31.9 Å². The van der Waals surface area contributed by atoms with Gasteiger partial charge in [0.05, 0.1) is 4.92 Å². The molecule has 10 heteroatoms. The molecule has 1 aromatic rings. The summed E-state index contributed by atoms with van der Waals surface area (Å²) < 4.78 is 26.9. The Morgan fingerprint density at radius 3 is 2.48 bits per heavy atom. The maximum absolute atomic E-state index is 12.4. The highest BCUT2D eigenvalue weighted by molar-refractivity contribution is 7.89. The second-order valence-corrected chi connectivity index (χ2v) is 7.24. The number of aliphatic carboxylic acids is 1. The van der Waals surface area contributed by atoms with Crippen LogP contribution in [0.1, 0.15) is 25.8 Å². The molecular formula is C13H17ClN2O6S. The van der Waals surface area contributed by atoms with Crippen molar-refractivity contribution in [3.63, 3.8) is 0 Å². The van der Waals surface area contributed by atoms with Gasteiger partial charge in [0.1, 0.15) is 16.0 Å². The van der Waals surface area contributed by atoms with Gasteiger partial charge in [0.15, 0.2) is 0 Å². The number of sulfonamides is 1. The van der Waals surface area contributed by atoms with Crippen molar-refractivity contribution in [1.82, 2.24) is 4.72 Å². The molecule has 1 rings (SSSR count). The van der Waals surface area contributed by atoms with E-state index >= 15 is 0 Å². The molecule has 0 heterocycles. The Morgan fingerprint density at radius 1 is 1.48 bits per heavy atom. The van der Waals surface area contributed by atoms with Crippen LogP contribution in [-0.2, 0) is 14.8 Å². The Balaban J connectivity index is 3.39. The zero-order chi connectivity index (χ0) is 17.9. The lowest BCUT2D eigenvalue weighted by Crippen LogP contribution is -2.45. The lowest BCUT2D eigenvalue weighted by molar-refractivity contribution is -0.385. The zero-order valence-electron chi connectivity index (χ0n) is 12.7. The average molecular weight is 365 g/mol. The first-order valence-electron chi connectivity index (χ1n) is 6.71. The lowest BCUT2D eigenvalue weighted by Gasteiger charge is -2.20. The minimum Gasteiger partial charge on any atom is -0.480 e. The third kappa shape index (κ3) is 4.40. The summed E-state index contributed by atoms with van der Waals surface area (Å²) >= 11 is 5.83. The summed E-state index contributed by atoms with van der Waals surface area (Å²) in [5.41, 5.74) is -0.237. The lowest BCUT2D eigenvalue weighted by atomic mass is 10.0. The summed E-state index contributed by atoms with van der Waals surface area (Å²) in [5.74, 6) is -1.80. The smallest absolute Gasteiger partial charge is 0.322 e. The molecule has 0 saturated carbocycles. The Kier molecular flexibility index (Phi) is 6.09. The Hall–Kier alpha value is -1.71. The number of aryl methyl sites for hydroxylation is 1. The number of rotatable bonds is 7. The van der Waals surface area contributed by atoms with Crippen molar-refractivity contribution in [2.75, 3.05) is 0 Å². The zero-order valence-corrected chi connectivity index (χ0v) is 14.3. The minimum atomic E-state index is -4.34. The Labute approximate surface area is 138 Å². The molecule has 1 aromatic carbocycles.